The number of hydrogen-bond acceptors (Lipinski definition) is 3. The van der Waals surface area contributed by atoms with E-state index in [4.69, 9.17) is 0 Å². The van der Waals surface area contributed by atoms with Crippen LogP contribution in [-0.4, -0.2) is 31.6 Å². The summed E-state index contributed by atoms with van der Waals surface area (Å²) in [6, 6.07) is 5.54. The molecular weight excluding hydrogens is 235 g/mol. The van der Waals surface area contributed by atoms with Crippen molar-refractivity contribution < 1.29 is 4.39 Å². The number of benzene rings is 1. The van der Waals surface area contributed by atoms with Crippen LogP contribution in [0.1, 0.15) is 18.5 Å². The molecule has 1 unspecified atom stereocenters. The number of thioether (sulfide) groups is 1. The molecule has 94 valence electrons. The van der Waals surface area contributed by atoms with Gasteiger partial charge in [0.1, 0.15) is 5.82 Å². The highest BCUT2D eigenvalue weighted by Gasteiger charge is 2.20. The zero-order valence-electron chi connectivity index (χ0n) is 10.4. The molecule has 1 atom stereocenters. The average Bonchev–Trinajstić information content (AvgIpc) is 2.38. The number of hydrogen-bond donors (Lipinski definition) is 1. The molecule has 1 fully saturated rings. The third-order valence-corrected chi connectivity index (χ3v) is 4.19. The minimum atomic E-state index is -0.100. The largest absolute Gasteiger partial charge is 0.367 e. The minimum Gasteiger partial charge on any atom is -0.367 e. The molecule has 2 rings (SSSR count). The van der Waals surface area contributed by atoms with Crippen molar-refractivity contribution in [3.05, 3.63) is 29.6 Å². The first-order valence-corrected chi connectivity index (χ1v) is 7.18. The van der Waals surface area contributed by atoms with Crippen LogP contribution in [0.3, 0.4) is 0 Å². The van der Waals surface area contributed by atoms with Gasteiger partial charge in [0, 0.05) is 30.6 Å². The third kappa shape index (κ3) is 2.75. The van der Waals surface area contributed by atoms with Crippen LogP contribution in [0.5, 0.6) is 0 Å². The van der Waals surface area contributed by atoms with Gasteiger partial charge in [-0.15, -0.1) is 0 Å². The molecule has 0 bridgehead atoms. The van der Waals surface area contributed by atoms with E-state index < -0.39 is 0 Å². The molecule has 1 aliphatic heterocycles. The quantitative estimate of drug-likeness (QED) is 0.893. The fourth-order valence-electron chi connectivity index (χ4n) is 2.16. The van der Waals surface area contributed by atoms with Crippen LogP contribution in [0, 0.1) is 5.82 Å². The molecular formula is C13H19FN2S. The van der Waals surface area contributed by atoms with Gasteiger partial charge in [-0.2, -0.15) is 11.8 Å². The summed E-state index contributed by atoms with van der Waals surface area (Å²) in [6.45, 7) is 3.95. The number of rotatable bonds is 3. The fraction of sp³-hybridized carbons (Fsp3) is 0.538. The zero-order chi connectivity index (χ0) is 12.3. The van der Waals surface area contributed by atoms with Crippen LogP contribution in [-0.2, 0) is 0 Å². The van der Waals surface area contributed by atoms with Gasteiger partial charge in [-0.05, 0) is 25.6 Å². The molecule has 1 aromatic rings. The van der Waals surface area contributed by atoms with Crippen molar-refractivity contribution in [3.63, 3.8) is 0 Å². The van der Waals surface area contributed by atoms with Crippen molar-refractivity contribution in [1.29, 1.82) is 0 Å². The summed E-state index contributed by atoms with van der Waals surface area (Å²) < 4.78 is 14.1. The van der Waals surface area contributed by atoms with E-state index in [-0.39, 0.29) is 11.9 Å². The summed E-state index contributed by atoms with van der Waals surface area (Å²) in [5, 5.41) is 3.19. The van der Waals surface area contributed by atoms with Crippen LogP contribution in [0.25, 0.3) is 0 Å². The highest BCUT2D eigenvalue weighted by molar-refractivity contribution is 7.99. The topological polar surface area (TPSA) is 15.3 Å². The van der Waals surface area contributed by atoms with Crippen molar-refractivity contribution >= 4 is 17.4 Å². The molecule has 17 heavy (non-hydrogen) atoms. The maximum atomic E-state index is 14.1. The highest BCUT2D eigenvalue weighted by Crippen LogP contribution is 2.30. The van der Waals surface area contributed by atoms with Crippen LogP contribution in [0.15, 0.2) is 18.2 Å². The molecule has 0 amide bonds. The normalized spacial score (nSPS) is 18.2. The van der Waals surface area contributed by atoms with E-state index >= 15 is 0 Å². The molecule has 2 nitrogen and oxygen atoms in total. The zero-order valence-corrected chi connectivity index (χ0v) is 11.2. The van der Waals surface area contributed by atoms with Gasteiger partial charge < -0.3 is 10.2 Å². The molecule has 0 saturated carbocycles. The lowest BCUT2D eigenvalue weighted by Crippen LogP contribution is -2.34. The maximum absolute atomic E-state index is 14.1. The lowest BCUT2D eigenvalue weighted by Gasteiger charge is -2.31. The number of anilines is 1. The van der Waals surface area contributed by atoms with E-state index in [2.05, 4.69) is 17.1 Å². The molecule has 1 aliphatic rings. The Hall–Kier alpha value is -0.740. The number of halogens is 1. The first kappa shape index (κ1) is 12.7. The van der Waals surface area contributed by atoms with E-state index in [1.807, 2.05) is 24.9 Å². The summed E-state index contributed by atoms with van der Waals surface area (Å²) in [7, 11) is 1.91. The fourth-order valence-corrected chi connectivity index (χ4v) is 3.06. The van der Waals surface area contributed by atoms with Crippen LogP contribution < -0.4 is 10.2 Å². The first-order chi connectivity index (χ1) is 8.24. The van der Waals surface area contributed by atoms with E-state index in [1.54, 1.807) is 12.1 Å². The molecule has 0 aromatic heterocycles. The van der Waals surface area contributed by atoms with E-state index in [0.29, 0.717) is 0 Å². The molecule has 1 heterocycles. The molecule has 4 heteroatoms. The highest BCUT2D eigenvalue weighted by atomic mass is 32.2. The van der Waals surface area contributed by atoms with Gasteiger partial charge >= 0.3 is 0 Å². The van der Waals surface area contributed by atoms with E-state index in [9.17, 15) is 4.39 Å². The minimum absolute atomic E-state index is 0.100. The lowest BCUT2D eigenvalue weighted by molar-refractivity contribution is 0.599. The van der Waals surface area contributed by atoms with Gasteiger partial charge in [0.25, 0.3) is 0 Å². The summed E-state index contributed by atoms with van der Waals surface area (Å²) in [6.07, 6.45) is 0. The number of para-hydroxylation sites is 1. The van der Waals surface area contributed by atoms with Crippen LogP contribution in [0.2, 0.25) is 0 Å². The predicted molar refractivity (Wildman–Crippen MR) is 73.4 cm³/mol. The summed E-state index contributed by atoms with van der Waals surface area (Å²) in [5.74, 6) is 2.07. The van der Waals surface area contributed by atoms with Gasteiger partial charge in [-0.3, -0.25) is 0 Å². The second-order valence-electron chi connectivity index (χ2n) is 4.29. The standard InChI is InChI=1S/C13H19FN2S/c1-10(15-2)11-4-3-5-12(14)13(11)16-6-8-17-9-7-16/h3-5,10,15H,6-9H2,1-2H3. The predicted octanol–water partition coefficient (Wildman–Crippen LogP) is 2.66. The Bertz CT molecular complexity index is 378. The van der Waals surface area contributed by atoms with Gasteiger partial charge in [-0.1, -0.05) is 12.1 Å². The monoisotopic (exact) mass is 254 g/mol. The molecule has 0 radical (unpaired) electrons. The SMILES string of the molecule is CNC(C)c1cccc(F)c1N1CCSCC1. The summed E-state index contributed by atoms with van der Waals surface area (Å²) >= 11 is 1.94. The van der Waals surface area contributed by atoms with Gasteiger partial charge in [0.2, 0.25) is 0 Å². The molecule has 1 N–H and O–H groups in total. The van der Waals surface area contributed by atoms with Crippen molar-refractivity contribution in [3.8, 4) is 0 Å². The molecule has 1 aromatic carbocycles. The van der Waals surface area contributed by atoms with Crippen LogP contribution in [0.4, 0.5) is 10.1 Å². The Morgan fingerprint density at radius 1 is 1.35 bits per heavy atom. The van der Waals surface area contributed by atoms with E-state index in [1.165, 1.54) is 0 Å². The van der Waals surface area contributed by atoms with E-state index in [0.717, 1.165) is 35.8 Å². The van der Waals surface area contributed by atoms with Crippen molar-refractivity contribution in [2.45, 2.75) is 13.0 Å². The number of nitrogens with zero attached hydrogens (tertiary/aromatic N) is 1. The Morgan fingerprint density at radius 3 is 2.71 bits per heavy atom. The Kier molecular flexibility index (Phi) is 4.29. The Balaban J connectivity index is 2.35. The Labute approximate surface area is 107 Å². The van der Waals surface area contributed by atoms with Gasteiger partial charge in [-0.25, -0.2) is 4.39 Å². The second kappa shape index (κ2) is 5.74. The third-order valence-electron chi connectivity index (χ3n) is 3.24. The Morgan fingerprint density at radius 2 is 2.06 bits per heavy atom. The first-order valence-electron chi connectivity index (χ1n) is 6.02. The average molecular weight is 254 g/mol. The van der Waals surface area contributed by atoms with Crippen molar-refractivity contribution in [2.24, 2.45) is 0 Å². The van der Waals surface area contributed by atoms with Gasteiger partial charge in [0.15, 0.2) is 0 Å². The number of nitrogens with one attached hydrogen (secondary N) is 1. The molecule has 0 aliphatic carbocycles. The smallest absolute Gasteiger partial charge is 0.146 e. The summed E-state index contributed by atoms with van der Waals surface area (Å²) in [5.41, 5.74) is 1.84. The van der Waals surface area contributed by atoms with Gasteiger partial charge in [0.05, 0.1) is 5.69 Å². The molecule has 1 saturated heterocycles. The second-order valence-corrected chi connectivity index (χ2v) is 5.51. The lowest BCUT2D eigenvalue weighted by atomic mass is 10.0. The van der Waals surface area contributed by atoms with Crippen molar-refractivity contribution in [1.82, 2.24) is 5.32 Å². The maximum Gasteiger partial charge on any atom is 0.146 e. The van der Waals surface area contributed by atoms with Crippen LogP contribution >= 0.6 is 11.8 Å². The van der Waals surface area contributed by atoms with Crippen molar-refractivity contribution in [2.75, 3.05) is 36.5 Å². The summed E-state index contributed by atoms with van der Waals surface area (Å²) in [4.78, 5) is 2.18. The molecule has 0 spiro atoms.